The third kappa shape index (κ3) is 1.36. The van der Waals surface area contributed by atoms with Crippen molar-refractivity contribution < 1.29 is 4.79 Å². The fourth-order valence-corrected chi connectivity index (χ4v) is 2.36. The van der Waals surface area contributed by atoms with Crippen LogP contribution < -0.4 is 5.32 Å². The maximum absolute atomic E-state index is 11.3. The summed E-state index contributed by atoms with van der Waals surface area (Å²) in [5.41, 5.74) is 2.29. The first-order valence-electron chi connectivity index (χ1n) is 4.78. The van der Waals surface area contributed by atoms with Gasteiger partial charge in [-0.15, -0.1) is 0 Å². The first kappa shape index (κ1) is 8.97. The van der Waals surface area contributed by atoms with Crippen LogP contribution in [0.2, 0.25) is 0 Å². The summed E-state index contributed by atoms with van der Waals surface area (Å²) in [5, 5.41) is 4.03. The summed E-state index contributed by atoms with van der Waals surface area (Å²) in [4.78, 5) is 11.3. The molecule has 1 aromatic heterocycles. The molecule has 3 rings (SSSR count). The average Bonchev–Trinajstić information content (AvgIpc) is 2.56. The van der Waals surface area contributed by atoms with E-state index >= 15 is 0 Å². The van der Waals surface area contributed by atoms with Crippen LogP contribution in [-0.4, -0.2) is 10.5 Å². The molecule has 1 aliphatic rings. The summed E-state index contributed by atoms with van der Waals surface area (Å²) in [6.07, 6.45) is 0. The number of hydrogen-bond acceptors (Lipinski definition) is 1. The molecule has 1 aromatic carbocycles. The highest BCUT2D eigenvalue weighted by atomic mass is 79.9. The van der Waals surface area contributed by atoms with Crippen molar-refractivity contribution in [1.82, 2.24) is 9.88 Å². The number of fused-ring (bicyclic) bond motifs is 3. The number of aromatic nitrogens is 1. The highest BCUT2D eigenvalue weighted by molar-refractivity contribution is 9.10. The van der Waals surface area contributed by atoms with E-state index in [1.165, 1.54) is 11.1 Å². The van der Waals surface area contributed by atoms with Gasteiger partial charge in [-0.25, -0.2) is 0 Å². The van der Waals surface area contributed by atoms with Crippen molar-refractivity contribution in [3.8, 4) is 0 Å². The topological polar surface area (TPSA) is 34.0 Å². The van der Waals surface area contributed by atoms with Crippen LogP contribution in [0, 0.1) is 0 Å². The van der Waals surface area contributed by atoms with Gasteiger partial charge in [0, 0.05) is 21.1 Å². The molecule has 0 radical (unpaired) electrons. The van der Waals surface area contributed by atoms with Crippen molar-refractivity contribution in [2.45, 2.75) is 13.1 Å². The number of nitrogens with one attached hydrogen (secondary N) is 1. The molecule has 3 nitrogen and oxygen atoms in total. The van der Waals surface area contributed by atoms with Crippen molar-refractivity contribution in [2.24, 2.45) is 0 Å². The van der Waals surface area contributed by atoms with E-state index < -0.39 is 0 Å². The predicted octanol–water partition coefficient (Wildman–Crippen LogP) is 2.03. The molecule has 76 valence electrons. The van der Waals surface area contributed by atoms with E-state index in [0.717, 1.165) is 9.99 Å². The van der Waals surface area contributed by atoms with Gasteiger partial charge in [0.05, 0.1) is 6.54 Å². The molecule has 0 fully saturated rings. The van der Waals surface area contributed by atoms with Crippen LogP contribution >= 0.6 is 15.9 Å². The largest absolute Gasteiger partial charge is 0.349 e. The highest BCUT2D eigenvalue weighted by Gasteiger charge is 2.16. The zero-order valence-corrected chi connectivity index (χ0v) is 9.54. The number of benzene rings is 1. The molecule has 0 unspecified atom stereocenters. The summed E-state index contributed by atoms with van der Waals surface area (Å²) in [6.45, 7) is 1.06. The molecule has 4 heteroatoms. The van der Waals surface area contributed by atoms with Gasteiger partial charge in [0.1, 0.15) is 6.54 Å². The Balaban J connectivity index is 2.30. The summed E-state index contributed by atoms with van der Waals surface area (Å²) >= 11 is 3.45. The molecule has 15 heavy (non-hydrogen) atoms. The van der Waals surface area contributed by atoms with Crippen LogP contribution in [0.4, 0.5) is 0 Å². The van der Waals surface area contributed by atoms with Gasteiger partial charge in [0.2, 0.25) is 5.91 Å². The quantitative estimate of drug-likeness (QED) is 0.777. The first-order chi connectivity index (χ1) is 7.24. The van der Waals surface area contributed by atoms with E-state index in [2.05, 4.69) is 44.0 Å². The molecule has 2 aromatic rings. The molecule has 0 bridgehead atoms. The van der Waals surface area contributed by atoms with E-state index in [1.54, 1.807) is 0 Å². The maximum Gasteiger partial charge on any atom is 0.240 e. The minimum absolute atomic E-state index is 0.0833. The van der Waals surface area contributed by atoms with Crippen molar-refractivity contribution in [3.63, 3.8) is 0 Å². The van der Waals surface area contributed by atoms with Crippen LogP contribution in [-0.2, 0) is 17.9 Å². The molecule has 1 amide bonds. The molecule has 2 heterocycles. The Hall–Kier alpha value is -1.29. The third-order valence-corrected chi connectivity index (χ3v) is 3.21. The fraction of sp³-hybridized carbons (Fsp3) is 0.182. The molecule has 1 N–H and O–H groups in total. The predicted molar refractivity (Wildman–Crippen MR) is 61.5 cm³/mol. The minimum atomic E-state index is 0.0833. The van der Waals surface area contributed by atoms with Crippen LogP contribution in [0.5, 0.6) is 0 Å². The van der Waals surface area contributed by atoms with E-state index in [9.17, 15) is 4.79 Å². The Morgan fingerprint density at radius 1 is 1.33 bits per heavy atom. The third-order valence-electron chi connectivity index (χ3n) is 2.72. The van der Waals surface area contributed by atoms with Crippen LogP contribution in [0.15, 0.2) is 28.7 Å². The Morgan fingerprint density at radius 2 is 2.20 bits per heavy atom. The van der Waals surface area contributed by atoms with Gasteiger partial charge in [-0.05, 0) is 18.2 Å². The van der Waals surface area contributed by atoms with Gasteiger partial charge in [-0.3, -0.25) is 4.79 Å². The zero-order chi connectivity index (χ0) is 10.4. The second kappa shape index (κ2) is 3.10. The van der Waals surface area contributed by atoms with Gasteiger partial charge in [0.25, 0.3) is 0 Å². The number of carbonyl (C=O) groups excluding carboxylic acids is 1. The molecule has 0 aliphatic carbocycles. The van der Waals surface area contributed by atoms with Gasteiger partial charge >= 0.3 is 0 Å². The molecule has 0 spiro atoms. The lowest BCUT2D eigenvalue weighted by molar-refractivity contribution is -0.122. The number of amides is 1. The Bertz CT molecular complexity index is 559. The SMILES string of the molecule is O=C1Cn2c(cc3ccc(Br)cc32)CN1. The van der Waals surface area contributed by atoms with Gasteiger partial charge in [-0.2, -0.15) is 0 Å². The van der Waals surface area contributed by atoms with Gasteiger partial charge in [0.15, 0.2) is 0 Å². The fourth-order valence-electron chi connectivity index (χ4n) is 2.01. The summed E-state index contributed by atoms with van der Waals surface area (Å²) in [6, 6.07) is 8.26. The van der Waals surface area contributed by atoms with Crippen molar-refractivity contribution >= 4 is 32.7 Å². The molecule has 1 aliphatic heterocycles. The minimum Gasteiger partial charge on any atom is -0.349 e. The number of rotatable bonds is 0. The van der Waals surface area contributed by atoms with E-state index in [-0.39, 0.29) is 5.91 Å². The summed E-state index contributed by atoms with van der Waals surface area (Å²) < 4.78 is 3.11. The Kier molecular flexibility index (Phi) is 1.85. The summed E-state index contributed by atoms with van der Waals surface area (Å²) in [5.74, 6) is 0.0833. The number of nitrogens with zero attached hydrogens (tertiary/aromatic N) is 1. The number of halogens is 1. The Labute approximate surface area is 95.2 Å². The van der Waals surface area contributed by atoms with Crippen LogP contribution in [0.25, 0.3) is 10.9 Å². The van der Waals surface area contributed by atoms with Gasteiger partial charge < -0.3 is 9.88 Å². The average molecular weight is 265 g/mol. The van der Waals surface area contributed by atoms with Crippen molar-refractivity contribution in [1.29, 1.82) is 0 Å². The standard InChI is InChI=1S/C11H9BrN2O/c12-8-2-1-7-3-9-5-13-11(15)6-14(9)10(7)4-8/h1-4H,5-6H2,(H,13,15). The Morgan fingerprint density at radius 3 is 3.07 bits per heavy atom. The van der Waals surface area contributed by atoms with Crippen LogP contribution in [0.1, 0.15) is 5.69 Å². The molecule has 0 saturated heterocycles. The first-order valence-corrected chi connectivity index (χ1v) is 5.58. The molecular weight excluding hydrogens is 256 g/mol. The molecule has 0 saturated carbocycles. The molecule has 0 atom stereocenters. The second-order valence-electron chi connectivity index (χ2n) is 3.70. The van der Waals surface area contributed by atoms with E-state index in [0.29, 0.717) is 13.1 Å². The smallest absolute Gasteiger partial charge is 0.240 e. The van der Waals surface area contributed by atoms with Gasteiger partial charge in [-0.1, -0.05) is 22.0 Å². The van der Waals surface area contributed by atoms with E-state index in [1.807, 2.05) is 6.07 Å². The van der Waals surface area contributed by atoms with Crippen LogP contribution in [0.3, 0.4) is 0 Å². The summed E-state index contributed by atoms with van der Waals surface area (Å²) in [7, 11) is 0. The van der Waals surface area contributed by atoms with Crippen molar-refractivity contribution in [2.75, 3.05) is 0 Å². The number of hydrogen-bond donors (Lipinski definition) is 1. The normalized spacial score (nSPS) is 15.1. The zero-order valence-electron chi connectivity index (χ0n) is 7.96. The monoisotopic (exact) mass is 264 g/mol. The lowest BCUT2D eigenvalue weighted by Crippen LogP contribution is -2.33. The lowest BCUT2D eigenvalue weighted by atomic mass is 10.2. The van der Waals surface area contributed by atoms with Crippen molar-refractivity contribution in [3.05, 3.63) is 34.4 Å². The lowest BCUT2D eigenvalue weighted by Gasteiger charge is -2.16. The maximum atomic E-state index is 11.3. The molecular formula is C11H9BrN2O. The second-order valence-corrected chi connectivity index (χ2v) is 4.62. The number of carbonyl (C=O) groups is 1. The highest BCUT2D eigenvalue weighted by Crippen LogP contribution is 2.24. The van der Waals surface area contributed by atoms with E-state index in [4.69, 9.17) is 0 Å².